The number of nitrogens with zero attached hydrogens (tertiary/aromatic N) is 1. The van der Waals surface area contributed by atoms with E-state index in [1.54, 1.807) is 0 Å². The maximum Gasteiger partial charge on any atom is 0.310 e. The fourth-order valence-electron chi connectivity index (χ4n) is 1.77. The number of aromatic nitrogens is 2. The molecule has 1 aromatic heterocycles. The molecule has 0 atom stereocenters. The molecule has 0 unspecified atom stereocenters. The Labute approximate surface area is 98.3 Å². The summed E-state index contributed by atoms with van der Waals surface area (Å²) < 4.78 is 25.8. The highest BCUT2D eigenvalue weighted by Crippen LogP contribution is 2.40. The molecule has 1 aliphatic rings. The van der Waals surface area contributed by atoms with Crippen LogP contribution in [0.15, 0.2) is 17.3 Å². The van der Waals surface area contributed by atoms with Gasteiger partial charge in [0.15, 0.2) is 0 Å². The molecule has 0 amide bonds. The van der Waals surface area contributed by atoms with Gasteiger partial charge in [0.2, 0.25) is 10.0 Å². The van der Waals surface area contributed by atoms with E-state index >= 15 is 0 Å². The van der Waals surface area contributed by atoms with Gasteiger partial charge >= 0.3 is 5.97 Å². The average molecular weight is 259 g/mol. The lowest BCUT2D eigenvalue weighted by Gasteiger charge is -2.37. The molecule has 0 bridgehead atoms. The zero-order valence-corrected chi connectivity index (χ0v) is 9.83. The van der Waals surface area contributed by atoms with Crippen molar-refractivity contribution < 1.29 is 18.3 Å². The second kappa shape index (κ2) is 4.11. The van der Waals surface area contributed by atoms with E-state index in [0.29, 0.717) is 12.8 Å². The summed E-state index contributed by atoms with van der Waals surface area (Å²) in [7, 11) is -3.67. The summed E-state index contributed by atoms with van der Waals surface area (Å²) in [6.45, 7) is -0.0736. The van der Waals surface area contributed by atoms with E-state index in [4.69, 9.17) is 5.11 Å². The number of aliphatic carboxylic acids is 1. The number of rotatable bonds is 5. The first-order valence-electron chi connectivity index (χ1n) is 5.18. The van der Waals surface area contributed by atoms with Crippen LogP contribution in [0.5, 0.6) is 0 Å². The standard InChI is InChI=1S/C9H13N3O4S/c13-8(14)9(2-1-3-9)6-12-17(15,16)7-4-10-11-5-7/h4-5,12H,1-3,6H2,(H,10,11)(H,13,14). The average Bonchev–Trinajstić information content (AvgIpc) is 2.68. The minimum atomic E-state index is -3.67. The van der Waals surface area contributed by atoms with E-state index in [9.17, 15) is 13.2 Å². The lowest BCUT2D eigenvalue weighted by atomic mass is 9.69. The largest absolute Gasteiger partial charge is 0.481 e. The Morgan fingerprint density at radius 2 is 2.29 bits per heavy atom. The predicted molar refractivity (Wildman–Crippen MR) is 57.7 cm³/mol. The molecule has 1 aromatic rings. The number of hydrogen-bond donors (Lipinski definition) is 3. The van der Waals surface area contributed by atoms with Crippen molar-refractivity contribution in [2.45, 2.75) is 24.2 Å². The first kappa shape index (κ1) is 12.1. The Morgan fingerprint density at radius 1 is 1.59 bits per heavy atom. The van der Waals surface area contributed by atoms with Gasteiger partial charge in [-0.1, -0.05) is 6.42 Å². The summed E-state index contributed by atoms with van der Waals surface area (Å²) in [5.41, 5.74) is -0.934. The number of carboxylic acids is 1. The fourth-order valence-corrected chi connectivity index (χ4v) is 2.80. The molecule has 3 N–H and O–H groups in total. The van der Waals surface area contributed by atoms with Crippen molar-refractivity contribution in [2.24, 2.45) is 5.41 Å². The van der Waals surface area contributed by atoms with Gasteiger partial charge in [0.05, 0.1) is 11.6 Å². The molecule has 17 heavy (non-hydrogen) atoms. The van der Waals surface area contributed by atoms with Gasteiger partial charge in [0.1, 0.15) is 4.90 Å². The van der Waals surface area contributed by atoms with Gasteiger partial charge in [-0.05, 0) is 12.8 Å². The second-order valence-corrected chi connectivity index (χ2v) is 5.96. The van der Waals surface area contributed by atoms with Gasteiger partial charge in [0, 0.05) is 12.7 Å². The molecule has 1 saturated carbocycles. The minimum Gasteiger partial charge on any atom is -0.481 e. The van der Waals surface area contributed by atoms with E-state index in [1.165, 1.54) is 12.4 Å². The van der Waals surface area contributed by atoms with E-state index in [-0.39, 0.29) is 11.4 Å². The van der Waals surface area contributed by atoms with Crippen LogP contribution in [-0.2, 0) is 14.8 Å². The van der Waals surface area contributed by atoms with E-state index in [1.807, 2.05) is 0 Å². The fraction of sp³-hybridized carbons (Fsp3) is 0.556. The monoisotopic (exact) mass is 259 g/mol. The quantitative estimate of drug-likeness (QED) is 0.686. The van der Waals surface area contributed by atoms with E-state index in [2.05, 4.69) is 14.9 Å². The number of hydrogen-bond acceptors (Lipinski definition) is 4. The third-order valence-corrected chi connectivity index (χ3v) is 4.52. The summed E-state index contributed by atoms with van der Waals surface area (Å²) in [5, 5.41) is 15.0. The van der Waals surface area contributed by atoms with Gasteiger partial charge < -0.3 is 5.11 Å². The van der Waals surface area contributed by atoms with E-state index < -0.39 is 21.4 Å². The van der Waals surface area contributed by atoms with Crippen LogP contribution >= 0.6 is 0 Å². The first-order chi connectivity index (χ1) is 7.96. The molecule has 94 valence electrons. The Kier molecular flexibility index (Phi) is 2.92. The first-order valence-corrected chi connectivity index (χ1v) is 6.66. The summed E-state index contributed by atoms with van der Waals surface area (Å²) in [6, 6.07) is 0. The van der Waals surface area contributed by atoms with Crippen molar-refractivity contribution in [1.29, 1.82) is 0 Å². The summed E-state index contributed by atoms with van der Waals surface area (Å²) in [5.74, 6) is -0.946. The molecule has 1 aliphatic carbocycles. The minimum absolute atomic E-state index is 0.0114. The number of carboxylic acid groups (broad SMARTS) is 1. The maximum atomic E-state index is 11.7. The molecule has 1 heterocycles. The Bertz CT molecular complexity index is 504. The number of carbonyl (C=O) groups is 1. The van der Waals surface area contributed by atoms with Crippen molar-refractivity contribution in [2.75, 3.05) is 6.54 Å². The van der Waals surface area contributed by atoms with Crippen molar-refractivity contribution >= 4 is 16.0 Å². The molecule has 0 aliphatic heterocycles. The molecule has 0 radical (unpaired) electrons. The van der Waals surface area contributed by atoms with Gasteiger partial charge in [-0.3, -0.25) is 9.89 Å². The molecule has 0 saturated heterocycles. The predicted octanol–water partition coefficient (Wildman–Crippen LogP) is -0.0571. The van der Waals surface area contributed by atoms with Crippen LogP contribution in [0.2, 0.25) is 0 Å². The third-order valence-electron chi connectivity index (χ3n) is 3.15. The molecule has 7 nitrogen and oxygen atoms in total. The lowest BCUT2D eigenvalue weighted by Crippen LogP contribution is -2.47. The molecule has 0 aromatic carbocycles. The smallest absolute Gasteiger partial charge is 0.310 e. The number of sulfonamides is 1. The molecule has 2 rings (SSSR count). The summed E-state index contributed by atoms with van der Waals surface area (Å²) in [6.07, 6.45) is 4.26. The van der Waals surface area contributed by atoms with Crippen molar-refractivity contribution in [3.8, 4) is 0 Å². The van der Waals surface area contributed by atoms with Crippen molar-refractivity contribution in [3.05, 3.63) is 12.4 Å². The zero-order valence-electron chi connectivity index (χ0n) is 9.01. The highest BCUT2D eigenvalue weighted by molar-refractivity contribution is 7.89. The molecular formula is C9H13N3O4S. The molecular weight excluding hydrogens is 246 g/mol. The maximum absolute atomic E-state index is 11.7. The van der Waals surface area contributed by atoms with Crippen molar-refractivity contribution in [3.63, 3.8) is 0 Å². The SMILES string of the molecule is O=C(O)C1(CNS(=O)(=O)c2cn[nH]c2)CCC1. The highest BCUT2D eigenvalue weighted by atomic mass is 32.2. The van der Waals surface area contributed by atoms with Gasteiger partial charge in [-0.2, -0.15) is 5.10 Å². The molecule has 8 heteroatoms. The zero-order chi connectivity index (χ0) is 12.5. The van der Waals surface area contributed by atoms with Crippen LogP contribution < -0.4 is 4.72 Å². The van der Waals surface area contributed by atoms with Crippen LogP contribution in [-0.4, -0.2) is 36.2 Å². The Hall–Kier alpha value is -1.41. The highest BCUT2D eigenvalue weighted by Gasteiger charge is 2.45. The van der Waals surface area contributed by atoms with Crippen LogP contribution in [0.1, 0.15) is 19.3 Å². The number of nitrogens with one attached hydrogen (secondary N) is 2. The van der Waals surface area contributed by atoms with Crippen molar-refractivity contribution in [1.82, 2.24) is 14.9 Å². The Morgan fingerprint density at radius 3 is 2.71 bits per heavy atom. The summed E-state index contributed by atoms with van der Waals surface area (Å²) in [4.78, 5) is 11.1. The van der Waals surface area contributed by atoms with Gasteiger partial charge in [-0.25, -0.2) is 13.1 Å². The normalized spacial score (nSPS) is 18.6. The summed E-state index contributed by atoms with van der Waals surface area (Å²) >= 11 is 0. The van der Waals surface area contributed by atoms with Crippen LogP contribution in [0, 0.1) is 5.41 Å². The third kappa shape index (κ3) is 2.18. The molecule has 1 fully saturated rings. The second-order valence-electron chi connectivity index (χ2n) is 4.20. The van der Waals surface area contributed by atoms with Gasteiger partial charge in [0.25, 0.3) is 0 Å². The Balaban J connectivity index is 2.06. The van der Waals surface area contributed by atoms with Gasteiger partial charge in [-0.15, -0.1) is 0 Å². The van der Waals surface area contributed by atoms with Crippen LogP contribution in [0.4, 0.5) is 0 Å². The lowest BCUT2D eigenvalue weighted by molar-refractivity contribution is -0.153. The molecule has 0 spiro atoms. The topological polar surface area (TPSA) is 112 Å². The van der Waals surface area contributed by atoms with Crippen LogP contribution in [0.25, 0.3) is 0 Å². The number of H-pyrrole nitrogens is 1. The number of aromatic amines is 1. The van der Waals surface area contributed by atoms with Crippen LogP contribution in [0.3, 0.4) is 0 Å². The van der Waals surface area contributed by atoms with E-state index in [0.717, 1.165) is 6.42 Å².